The number of amides is 2. The van der Waals surface area contributed by atoms with Gasteiger partial charge in [0, 0.05) is 17.1 Å². The predicted molar refractivity (Wildman–Crippen MR) is 118 cm³/mol. The summed E-state index contributed by atoms with van der Waals surface area (Å²) in [4.78, 5) is 31.1. The van der Waals surface area contributed by atoms with Crippen molar-refractivity contribution < 1.29 is 19.1 Å². The van der Waals surface area contributed by atoms with Gasteiger partial charge < -0.3 is 20.1 Å². The van der Waals surface area contributed by atoms with Crippen molar-refractivity contribution in [3.05, 3.63) is 45.4 Å². The minimum atomic E-state index is -0.532. The van der Waals surface area contributed by atoms with Crippen LogP contribution in [0.4, 0.5) is 0 Å². The maximum Gasteiger partial charge on any atom is 0.262 e. The Morgan fingerprint density at radius 2 is 2.06 bits per heavy atom. The monoisotopic (exact) mass is 463 g/mol. The number of pyridine rings is 1. The largest absolute Gasteiger partial charge is 0.486 e. The van der Waals surface area contributed by atoms with Gasteiger partial charge in [-0.05, 0) is 24.5 Å². The first kappa shape index (κ1) is 22.0. The Hall–Kier alpha value is -2.16. The lowest BCUT2D eigenvalue weighted by molar-refractivity contribution is -0.127. The molecule has 166 valence electrons. The summed E-state index contributed by atoms with van der Waals surface area (Å²) in [5.41, 5.74) is 0. The first-order valence-electron chi connectivity index (χ1n) is 10.6. The molecule has 7 nitrogen and oxygen atoms in total. The molecule has 0 radical (unpaired) electrons. The summed E-state index contributed by atoms with van der Waals surface area (Å²) < 4.78 is 10.8. The van der Waals surface area contributed by atoms with Crippen molar-refractivity contribution in [3.8, 4) is 5.75 Å². The molecular formula is C22H26ClN3O4S. The summed E-state index contributed by atoms with van der Waals surface area (Å²) in [5.74, 6) is 0.693. The number of nitrogens with zero attached hydrogens (tertiary/aromatic N) is 1. The summed E-state index contributed by atoms with van der Waals surface area (Å²) in [6.07, 6.45) is 8.43. The van der Waals surface area contributed by atoms with E-state index in [1.54, 1.807) is 18.3 Å². The second-order valence-corrected chi connectivity index (χ2v) is 9.65. The van der Waals surface area contributed by atoms with Crippen LogP contribution in [0.3, 0.4) is 0 Å². The molecule has 2 aromatic heterocycles. The fraction of sp³-hybridized carbons (Fsp3) is 0.500. The molecule has 3 heterocycles. The smallest absolute Gasteiger partial charge is 0.262 e. The van der Waals surface area contributed by atoms with Gasteiger partial charge in [-0.15, -0.1) is 11.3 Å². The number of carbonyl (C=O) groups is 2. The fourth-order valence-corrected chi connectivity index (χ4v) is 4.85. The van der Waals surface area contributed by atoms with E-state index in [-0.39, 0.29) is 17.9 Å². The zero-order valence-electron chi connectivity index (χ0n) is 17.1. The van der Waals surface area contributed by atoms with Gasteiger partial charge in [0.05, 0.1) is 35.4 Å². The van der Waals surface area contributed by atoms with E-state index in [0.717, 1.165) is 17.7 Å². The predicted octanol–water partition coefficient (Wildman–Crippen LogP) is 3.57. The summed E-state index contributed by atoms with van der Waals surface area (Å²) in [6, 6.07) is 4.82. The van der Waals surface area contributed by atoms with E-state index >= 15 is 0 Å². The molecular weight excluding hydrogens is 438 g/mol. The van der Waals surface area contributed by atoms with Crippen molar-refractivity contribution in [2.75, 3.05) is 13.2 Å². The van der Waals surface area contributed by atoms with Crippen LogP contribution in [-0.2, 0) is 16.1 Å². The highest BCUT2D eigenvalue weighted by Gasteiger charge is 2.30. The average molecular weight is 464 g/mol. The second-order valence-electron chi connectivity index (χ2n) is 8.05. The molecule has 1 aliphatic heterocycles. The van der Waals surface area contributed by atoms with E-state index in [9.17, 15) is 9.59 Å². The van der Waals surface area contributed by atoms with Gasteiger partial charge in [-0.25, -0.2) is 0 Å². The lowest BCUT2D eigenvalue weighted by Crippen LogP contribution is -2.55. The minimum Gasteiger partial charge on any atom is -0.486 e. The molecule has 2 aromatic rings. The molecule has 1 saturated carbocycles. The highest BCUT2D eigenvalue weighted by atomic mass is 35.5. The lowest BCUT2D eigenvalue weighted by Gasteiger charge is -2.29. The number of nitrogens with one attached hydrogen (secondary N) is 2. The number of ether oxygens (including phenoxy) is 2. The Balaban J connectivity index is 1.35. The Labute approximate surface area is 190 Å². The van der Waals surface area contributed by atoms with Gasteiger partial charge in [0.1, 0.15) is 18.4 Å². The topological polar surface area (TPSA) is 89.6 Å². The summed E-state index contributed by atoms with van der Waals surface area (Å²) in [5, 5.41) is 6.45. The van der Waals surface area contributed by atoms with Crippen LogP contribution in [0.15, 0.2) is 30.6 Å². The zero-order valence-corrected chi connectivity index (χ0v) is 18.7. The molecule has 1 unspecified atom stereocenters. The number of halogens is 1. The molecule has 1 aliphatic carbocycles. The fourth-order valence-electron chi connectivity index (χ4n) is 3.86. The number of aromatic nitrogens is 1. The second kappa shape index (κ2) is 10.4. The highest BCUT2D eigenvalue weighted by molar-refractivity contribution is 7.14. The molecule has 0 spiro atoms. The van der Waals surface area contributed by atoms with Crippen molar-refractivity contribution in [2.45, 2.75) is 50.8 Å². The van der Waals surface area contributed by atoms with Crippen LogP contribution < -0.4 is 15.4 Å². The third kappa shape index (κ3) is 6.18. The maximum atomic E-state index is 12.9. The van der Waals surface area contributed by atoms with Crippen LogP contribution in [0.2, 0.25) is 5.02 Å². The summed E-state index contributed by atoms with van der Waals surface area (Å²) in [6.45, 7) is 1.38. The van der Waals surface area contributed by atoms with E-state index < -0.39 is 6.04 Å². The van der Waals surface area contributed by atoms with Crippen LogP contribution in [-0.4, -0.2) is 42.1 Å². The molecule has 0 bridgehead atoms. The van der Waals surface area contributed by atoms with Gasteiger partial charge >= 0.3 is 0 Å². The van der Waals surface area contributed by atoms with E-state index in [0.29, 0.717) is 47.8 Å². The van der Waals surface area contributed by atoms with Gasteiger partial charge in [-0.2, -0.15) is 0 Å². The van der Waals surface area contributed by atoms with E-state index in [2.05, 4.69) is 15.6 Å². The van der Waals surface area contributed by atoms with Crippen molar-refractivity contribution in [1.29, 1.82) is 0 Å². The van der Waals surface area contributed by atoms with Crippen LogP contribution in [0.5, 0.6) is 5.75 Å². The normalized spacial score (nSPS) is 17.7. The summed E-state index contributed by atoms with van der Waals surface area (Å²) in [7, 11) is 0. The first-order chi connectivity index (χ1) is 15.1. The van der Waals surface area contributed by atoms with Gasteiger partial charge in [0.2, 0.25) is 5.91 Å². The molecule has 31 heavy (non-hydrogen) atoms. The van der Waals surface area contributed by atoms with Crippen LogP contribution in [0.1, 0.15) is 46.7 Å². The Kier molecular flexibility index (Phi) is 7.42. The molecule has 0 aromatic carbocycles. The number of rotatable bonds is 9. The quantitative estimate of drug-likeness (QED) is 0.593. The van der Waals surface area contributed by atoms with Crippen LogP contribution in [0, 0.1) is 5.92 Å². The van der Waals surface area contributed by atoms with Gasteiger partial charge in [-0.3, -0.25) is 14.6 Å². The maximum absolute atomic E-state index is 12.9. The van der Waals surface area contributed by atoms with E-state index in [1.165, 1.54) is 30.4 Å². The van der Waals surface area contributed by atoms with Crippen LogP contribution >= 0.6 is 22.9 Å². The standard InChI is InChI=1S/C22H26ClN3O4S/c23-15-8-17(10-24-9-15)30-13-18-5-6-20(31-18)22(28)26-19(7-14-3-1-2-4-14)21(27)25-16-11-29-12-16/h5-6,8-10,14,16,19H,1-4,7,11-13H2,(H,25,27)(H,26,28). The molecule has 2 amide bonds. The number of hydrogen-bond acceptors (Lipinski definition) is 6. The van der Waals surface area contributed by atoms with Gasteiger partial charge in [0.25, 0.3) is 5.91 Å². The van der Waals surface area contributed by atoms with Gasteiger partial charge in [-0.1, -0.05) is 37.3 Å². The van der Waals surface area contributed by atoms with Crippen LogP contribution in [0.25, 0.3) is 0 Å². The van der Waals surface area contributed by atoms with E-state index in [4.69, 9.17) is 21.1 Å². The number of carbonyl (C=O) groups excluding carboxylic acids is 2. The molecule has 9 heteroatoms. The SMILES string of the molecule is O=C(NC(CC1CCCC1)C(=O)NC1COC1)c1ccc(COc2cncc(Cl)c2)s1. The molecule has 2 fully saturated rings. The number of hydrogen-bond donors (Lipinski definition) is 2. The van der Waals surface area contributed by atoms with E-state index in [1.807, 2.05) is 6.07 Å². The third-order valence-electron chi connectivity index (χ3n) is 5.60. The minimum absolute atomic E-state index is 0.0435. The Morgan fingerprint density at radius 3 is 2.77 bits per heavy atom. The van der Waals surface area contributed by atoms with Crippen molar-refractivity contribution in [1.82, 2.24) is 15.6 Å². The third-order valence-corrected chi connectivity index (χ3v) is 6.86. The highest BCUT2D eigenvalue weighted by Crippen LogP contribution is 2.29. The van der Waals surface area contributed by atoms with Crippen molar-refractivity contribution in [2.24, 2.45) is 5.92 Å². The Bertz CT molecular complexity index is 912. The zero-order chi connectivity index (χ0) is 21.6. The van der Waals surface area contributed by atoms with Crippen molar-refractivity contribution >= 4 is 34.8 Å². The van der Waals surface area contributed by atoms with Gasteiger partial charge in [0.15, 0.2) is 0 Å². The molecule has 2 aliphatic rings. The first-order valence-corrected chi connectivity index (χ1v) is 11.8. The number of thiophene rings is 1. The average Bonchev–Trinajstić information content (AvgIpc) is 3.40. The molecule has 1 atom stereocenters. The Morgan fingerprint density at radius 1 is 1.26 bits per heavy atom. The van der Waals surface area contributed by atoms with Crippen molar-refractivity contribution in [3.63, 3.8) is 0 Å². The molecule has 2 N–H and O–H groups in total. The summed E-state index contributed by atoms with van der Waals surface area (Å²) >= 11 is 7.27. The molecule has 1 saturated heterocycles. The lowest BCUT2D eigenvalue weighted by atomic mass is 9.97. The molecule has 4 rings (SSSR count).